The highest BCUT2D eigenvalue weighted by Crippen LogP contribution is 2.31. The van der Waals surface area contributed by atoms with Gasteiger partial charge in [-0.15, -0.1) is 10.2 Å². The lowest BCUT2D eigenvalue weighted by Gasteiger charge is -2.23. The van der Waals surface area contributed by atoms with Crippen LogP contribution in [-0.4, -0.2) is 33.0 Å². The van der Waals surface area contributed by atoms with E-state index in [1.54, 1.807) is 0 Å². The molecule has 3 aromatic carbocycles. The monoisotopic (exact) mass is 520 g/mol. The summed E-state index contributed by atoms with van der Waals surface area (Å²) in [4.78, 5) is 12.9. The summed E-state index contributed by atoms with van der Waals surface area (Å²) in [5, 5.41) is 13.2. The molecule has 1 N–H and O–H groups in total. The minimum Gasteiger partial charge on any atom is -0.494 e. The Balaban J connectivity index is 1.60. The minimum atomic E-state index is -0.106. The fourth-order valence-electron chi connectivity index (χ4n) is 3.80. The van der Waals surface area contributed by atoms with Gasteiger partial charge in [0.25, 0.3) is 0 Å². The number of benzene rings is 3. The third kappa shape index (κ3) is 6.09. The van der Waals surface area contributed by atoms with Crippen LogP contribution in [0.1, 0.15) is 33.3 Å². The summed E-state index contributed by atoms with van der Waals surface area (Å²) in [6.45, 7) is 8.93. The lowest BCUT2D eigenvalue weighted by Crippen LogP contribution is -2.20. The first-order chi connectivity index (χ1) is 17.3. The number of carbonyl (C=O) groups is 1. The van der Waals surface area contributed by atoms with E-state index in [1.165, 1.54) is 11.8 Å². The highest BCUT2D eigenvalue weighted by atomic mass is 35.5. The normalized spacial score (nSPS) is 11.4. The van der Waals surface area contributed by atoms with Crippen molar-refractivity contribution in [3.63, 3.8) is 0 Å². The van der Waals surface area contributed by atoms with Crippen LogP contribution in [0.5, 0.6) is 5.75 Å². The number of halogens is 1. The maximum Gasteiger partial charge on any atom is 0.234 e. The molecule has 4 rings (SSSR count). The first kappa shape index (κ1) is 25.8. The van der Waals surface area contributed by atoms with Crippen LogP contribution in [0.15, 0.2) is 78.0 Å². The van der Waals surface area contributed by atoms with Gasteiger partial charge in [-0.3, -0.25) is 9.36 Å². The molecule has 0 spiro atoms. The first-order valence-electron chi connectivity index (χ1n) is 11.7. The molecular formula is C28H29ClN4O2S. The molecule has 0 aliphatic heterocycles. The number of ether oxygens (including phenoxy) is 1. The van der Waals surface area contributed by atoms with Crippen LogP contribution in [0.4, 0.5) is 5.69 Å². The molecule has 0 saturated heterocycles. The zero-order valence-corrected chi connectivity index (χ0v) is 22.4. The minimum absolute atomic E-state index is 0.0850. The molecule has 0 bridgehead atoms. The summed E-state index contributed by atoms with van der Waals surface area (Å²) in [5.74, 6) is 1.53. The predicted molar refractivity (Wildman–Crippen MR) is 147 cm³/mol. The van der Waals surface area contributed by atoms with Crippen molar-refractivity contribution in [1.82, 2.24) is 14.8 Å². The van der Waals surface area contributed by atoms with Crippen molar-refractivity contribution < 1.29 is 9.53 Å². The Morgan fingerprint density at radius 3 is 2.36 bits per heavy atom. The highest BCUT2D eigenvalue weighted by molar-refractivity contribution is 7.99. The Bertz CT molecular complexity index is 1330. The number of nitrogens with zero attached hydrogens (tertiary/aromatic N) is 3. The summed E-state index contributed by atoms with van der Waals surface area (Å²) >= 11 is 7.43. The maximum absolute atomic E-state index is 12.9. The van der Waals surface area contributed by atoms with Gasteiger partial charge in [0.1, 0.15) is 5.75 Å². The molecule has 0 saturated carbocycles. The van der Waals surface area contributed by atoms with E-state index in [9.17, 15) is 4.79 Å². The number of thioether (sulfide) groups is 1. The molecule has 186 valence electrons. The fraction of sp³-hybridized carbons (Fsp3) is 0.250. The van der Waals surface area contributed by atoms with Gasteiger partial charge in [-0.05, 0) is 72.5 Å². The molecule has 1 aromatic heterocycles. The third-order valence-corrected chi connectivity index (χ3v) is 6.66. The second-order valence-corrected chi connectivity index (χ2v) is 10.6. The van der Waals surface area contributed by atoms with Crippen LogP contribution in [0.2, 0.25) is 5.02 Å². The van der Waals surface area contributed by atoms with Gasteiger partial charge in [0.15, 0.2) is 11.0 Å². The number of anilines is 1. The van der Waals surface area contributed by atoms with Crippen LogP contribution < -0.4 is 10.1 Å². The lowest BCUT2D eigenvalue weighted by molar-refractivity contribution is -0.113. The molecule has 36 heavy (non-hydrogen) atoms. The van der Waals surface area contributed by atoms with Crippen molar-refractivity contribution in [3.8, 4) is 22.8 Å². The van der Waals surface area contributed by atoms with E-state index in [2.05, 4.69) is 36.3 Å². The van der Waals surface area contributed by atoms with E-state index in [0.717, 1.165) is 28.3 Å². The smallest absolute Gasteiger partial charge is 0.234 e. The lowest BCUT2D eigenvalue weighted by atomic mass is 9.86. The second-order valence-electron chi connectivity index (χ2n) is 9.21. The van der Waals surface area contributed by atoms with E-state index in [-0.39, 0.29) is 17.1 Å². The van der Waals surface area contributed by atoms with Crippen LogP contribution >= 0.6 is 23.4 Å². The van der Waals surface area contributed by atoms with Crippen molar-refractivity contribution >= 4 is 35.0 Å². The summed E-state index contributed by atoms with van der Waals surface area (Å²) in [5.41, 5.74) is 3.57. The second kappa shape index (κ2) is 11.2. The topological polar surface area (TPSA) is 69.0 Å². The highest BCUT2D eigenvalue weighted by Gasteiger charge is 2.20. The van der Waals surface area contributed by atoms with Crippen molar-refractivity contribution in [3.05, 3.63) is 83.4 Å². The van der Waals surface area contributed by atoms with Crippen LogP contribution in [-0.2, 0) is 10.2 Å². The van der Waals surface area contributed by atoms with Gasteiger partial charge < -0.3 is 10.1 Å². The van der Waals surface area contributed by atoms with Crippen molar-refractivity contribution in [2.24, 2.45) is 0 Å². The molecule has 0 radical (unpaired) electrons. The summed E-state index contributed by atoms with van der Waals surface area (Å²) < 4.78 is 7.54. The molecule has 8 heteroatoms. The summed E-state index contributed by atoms with van der Waals surface area (Å²) in [7, 11) is 0. The Morgan fingerprint density at radius 1 is 1.00 bits per heavy atom. The van der Waals surface area contributed by atoms with Gasteiger partial charge in [-0.1, -0.05) is 62.3 Å². The molecular weight excluding hydrogens is 492 g/mol. The van der Waals surface area contributed by atoms with Gasteiger partial charge >= 0.3 is 0 Å². The maximum atomic E-state index is 12.9. The Kier molecular flexibility index (Phi) is 8.01. The Morgan fingerprint density at radius 2 is 1.69 bits per heavy atom. The van der Waals surface area contributed by atoms with Gasteiger partial charge in [-0.25, -0.2) is 0 Å². The molecule has 0 aliphatic carbocycles. The van der Waals surface area contributed by atoms with Crippen LogP contribution in [0.25, 0.3) is 17.1 Å². The van der Waals surface area contributed by atoms with Gasteiger partial charge in [0.2, 0.25) is 5.91 Å². The van der Waals surface area contributed by atoms with Crippen molar-refractivity contribution in [1.29, 1.82) is 0 Å². The van der Waals surface area contributed by atoms with E-state index in [1.807, 2.05) is 84.3 Å². The predicted octanol–water partition coefficient (Wildman–Crippen LogP) is 7.01. The third-order valence-electron chi connectivity index (χ3n) is 5.48. The number of carbonyl (C=O) groups excluding carboxylic acids is 1. The van der Waals surface area contributed by atoms with E-state index in [4.69, 9.17) is 16.3 Å². The largest absolute Gasteiger partial charge is 0.494 e. The average Bonchev–Trinajstić information content (AvgIpc) is 3.27. The van der Waals surface area contributed by atoms with Crippen molar-refractivity contribution in [2.75, 3.05) is 17.7 Å². The van der Waals surface area contributed by atoms with E-state index in [0.29, 0.717) is 22.6 Å². The van der Waals surface area contributed by atoms with Crippen LogP contribution in [0, 0.1) is 0 Å². The van der Waals surface area contributed by atoms with E-state index < -0.39 is 0 Å². The SMILES string of the molecule is CCOc1ccc(-n2c(SCC(=O)Nc3ccccc3C(C)(C)C)nnc2-c2ccc(Cl)cc2)cc1. The number of aromatic nitrogens is 3. The average molecular weight is 521 g/mol. The van der Waals surface area contributed by atoms with Gasteiger partial charge in [-0.2, -0.15) is 0 Å². The molecule has 1 amide bonds. The van der Waals surface area contributed by atoms with Gasteiger partial charge in [0.05, 0.1) is 12.4 Å². The van der Waals surface area contributed by atoms with E-state index >= 15 is 0 Å². The molecule has 6 nitrogen and oxygen atoms in total. The Labute approximate surface area is 221 Å². The summed E-state index contributed by atoms with van der Waals surface area (Å²) in [6, 6.07) is 23.1. The quantitative estimate of drug-likeness (QED) is 0.253. The zero-order chi connectivity index (χ0) is 25.7. The molecule has 4 aromatic rings. The summed E-state index contributed by atoms with van der Waals surface area (Å²) in [6.07, 6.45) is 0. The Hall–Kier alpha value is -3.29. The van der Waals surface area contributed by atoms with Crippen LogP contribution in [0.3, 0.4) is 0 Å². The number of hydrogen-bond donors (Lipinski definition) is 1. The molecule has 1 heterocycles. The zero-order valence-electron chi connectivity index (χ0n) is 20.8. The number of nitrogens with one attached hydrogen (secondary N) is 1. The standard InChI is InChI=1S/C28H29ClN4O2S/c1-5-35-22-16-14-21(15-17-22)33-26(19-10-12-20(29)13-11-19)31-32-27(33)36-18-25(34)30-24-9-7-6-8-23(24)28(2,3)4/h6-17H,5,18H2,1-4H3,(H,30,34). The first-order valence-corrected chi connectivity index (χ1v) is 13.1. The molecule has 0 atom stereocenters. The molecule has 0 unspecified atom stereocenters. The number of amides is 1. The van der Waals surface area contributed by atoms with Gasteiger partial charge in [0, 0.05) is 22.0 Å². The molecule has 0 aliphatic rings. The number of rotatable bonds is 8. The molecule has 0 fully saturated rings. The number of para-hydroxylation sites is 1. The number of hydrogen-bond acceptors (Lipinski definition) is 5. The fourth-order valence-corrected chi connectivity index (χ4v) is 4.68. The van der Waals surface area contributed by atoms with Crippen molar-refractivity contribution in [2.45, 2.75) is 38.3 Å².